The van der Waals surface area contributed by atoms with E-state index in [9.17, 15) is 4.79 Å². The van der Waals surface area contributed by atoms with E-state index >= 15 is 0 Å². The van der Waals surface area contributed by atoms with Gasteiger partial charge in [0, 0.05) is 31.7 Å². The number of hydrogen-bond acceptors (Lipinski definition) is 4. The summed E-state index contributed by atoms with van der Waals surface area (Å²) in [4.78, 5) is 15.9. The van der Waals surface area contributed by atoms with Crippen LogP contribution in [-0.2, 0) is 6.54 Å². The number of carbonyl (C=O) groups is 1. The van der Waals surface area contributed by atoms with Gasteiger partial charge >= 0.3 is 0 Å². The lowest BCUT2D eigenvalue weighted by atomic mass is 10.0. The number of aryl methyl sites for hydroxylation is 1. The van der Waals surface area contributed by atoms with E-state index in [4.69, 9.17) is 10.8 Å². The second kappa shape index (κ2) is 7.54. The predicted molar refractivity (Wildman–Crippen MR) is 83.1 cm³/mol. The van der Waals surface area contributed by atoms with E-state index in [0.29, 0.717) is 5.56 Å². The van der Waals surface area contributed by atoms with Crippen molar-refractivity contribution in [3.63, 3.8) is 0 Å². The Morgan fingerprint density at radius 1 is 1.24 bits per heavy atom. The van der Waals surface area contributed by atoms with E-state index in [2.05, 4.69) is 9.80 Å². The second-order valence-electron chi connectivity index (χ2n) is 5.70. The summed E-state index contributed by atoms with van der Waals surface area (Å²) in [7, 11) is 0. The molecule has 1 aromatic rings. The highest BCUT2D eigenvalue weighted by molar-refractivity contribution is 5.93. The molecule has 2 rings (SSSR count). The van der Waals surface area contributed by atoms with Crippen LogP contribution in [0.5, 0.6) is 0 Å². The van der Waals surface area contributed by atoms with Crippen LogP contribution >= 0.6 is 0 Å². The monoisotopic (exact) mass is 291 g/mol. The minimum absolute atomic E-state index is 0.230. The van der Waals surface area contributed by atoms with Gasteiger partial charge in [0.2, 0.25) is 5.91 Å². The molecule has 1 aliphatic rings. The van der Waals surface area contributed by atoms with Crippen LogP contribution in [0.15, 0.2) is 18.2 Å². The normalized spacial score (nSPS) is 17.6. The highest BCUT2D eigenvalue weighted by atomic mass is 16.3. The Morgan fingerprint density at radius 3 is 2.62 bits per heavy atom. The van der Waals surface area contributed by atoms with Crippen LogP contribution in [0.2, 0.25) is 0 Å². The van der Waals surface area contributed by atoms with Gasteiger partial charge in [0.05, 0.1) is 6.61 Å². The number of rotatable bonds is 5. The lowest BCUT2D eigenvalue weighted by Crippen LogP contribution is -2.32. The number of aliphatic hydroxyl groups excluding tert-OH is 1. The standard InChI is InChI=1S/C16H25N3O2/c1-13-11-14(16(17)21)3-4-15(13)12-19-6-2-5-18(7-8-19)9-10-20/h3-4,11,20H,2,5-10,12H2,1H3,(H2,17,21). The SMILES string of the molecule is Cc1cc(C(N)=O)ccc1CN1CCCN(CCO)CC1. The average Bonchev–Trinajstić information content (AvgIpc) is 2.67. The van der Waals surface area contributed by atoms with Gasteiger partial charge in [-0.2, -0.15) is 0 Å². The largest absolute Gasteiger partial charge is 0.395 e. The van der Waals surface area contributed by atoms with Crippen molar-refractivity contribution >= 4 is 5.91 Å². The molecule has 1 aliphatic heterocycles. The van der Waals surface area contributed by atoms with Crippen LogP contribution in [0.25, 0.3) is 0 Å². The molecule has 1 amide bonds. The molecule has 1 heterocycles. The summed E-state index contributed by atoms with van der Waals surface area (Å²) in [6.07, 6.45) is 1.12. The van der Waals surface area contributed by atoms with Crippen molar-refractivity contribution in [3.05, 3.63) is 34.9 Å². The van der Waals surface area contributed by atoms with Gasteiger partial charge < -0.3 is 10.8 Å². The number of nitrogens with zero attached hydrogens (tertiary/aromatic N) is 2. The van der Waals surface area contributed by atoms with Crippen LogP contribution in [0, 0.1) is 6.92 Å². The highest BCUT2D eigenvalue weighted by Gasteiger charge is 2.15. The van der Waals surface area contributed by atoms with Crippen molar-refractivity contribution in [2.45, 2.75) is 19.9 Å². The molecule has 0 aromatic heterocycles. The molecule has 0 aliphatic carbocycles. The number of nitrogens with two attached hydrogens (primary N) is 1. The van der Waals surface area contributed by atoms with Crippen molar-refractivity contribution in [2.75, 3.05) is 39.3 Å². The van der Waals surface area contributed by atoms with Gasteiger partial charge in [-0.1, -0.05) is 6.07 Å². The zero-order chi connectivity index (χ0) is 15.2. The summed E-state index contributed by atoms with van der Waals surface area (Å²) in [5.74, 6) is -0.376. The Bertz CT molecular complexity index is 490. The fourth-order valence-corrected chi connectivity index (χ4v) is 2.81. The quantitative estimate of drug-likeness (QED) is 0.833. The lowest BCUT2D eigenvalue weighted by molar-refractivity contribution is 0.1000. The molecule has 1 fully saturated rings. The van der Waals surface area contributed by atoms with Gasteiger partial charge in [-0.15, -0.1) is 0 Å². The molecular weight excluding hydrogens is 266 g/mol. The molecule has 0 radical (unpaired) electrons. The molecule has 3 N–H and O–H groups in total. The number of hydrogen-bond donors (Lipinski definition) is 2. The first-order valence-corrected chi connectivity index (χ1v) is 7.55. The summed E-state index contributed by atoms with van der Waals surface area (Å²) in [5.41, 5.74) is 8.24. The molecular formula is C16H25N3O2. The number of aliphatic hydroxyl groups is 1. The minimum atomic E-state index is -0.376. The first kappa shape index (κ1) is 15.9. The zero-order valence-electron chi connectivity index (χ0n) is 12.7. The molecule has 0 saturated carbocycles. The van der Waals surface area contributed by atoms with E-state index in [1.54, 1.807) is 6.07 Å². The molecule has 5 heteroatoms. The minimum Gasteiger partial charge on any atom is -0.395 e. The van der Waals surface area contributed by atoms with Crippen LogP contribution in [0.4, 0.5) is 0 Å². The van der Waals surface area contributed by atoms with Gasteiger partial charge in [0.25, 0.3) is 0 Å². The van der Waals surface area contributed by atoms with Gasteiger partial charge in [-0.25, -0.2) is 0 Å². The van der Waals surface area contributed by atoms with Crippen LogP contribution < -0.4 is 5.73 Å². The maximum atomic E-state index is 11.2. The number of primary amides is 1. The molecule has 0 atom stereocenters. The summed E-state index contributed by atoms with van der Waals surface area (Å²) >= 11 is 0. The van der Waals surface area contributed by atoms with Crippen molar-refractivity contribution < 1.29 is 9.90 Å². The maximum Gasteiger partial charge on any atom is 0.248 e. The number of β-amino-alcohol motifs (C(OH)–C–C–N with tert-alkyl or cyclic N) is 1. The Labute approximate surface area is 126 Å². The molecule has 21 heavy (non-hydrogen) atoms. The molecule has 1 saturated heterocycles. The van der Waals surface area contributed by atoms with E-state index in [1.807, 2.05) is 19.1 Å². The summed E-state index contributed by atoms with van der Waals surface area (Å²) in [6, 6.07) is 5.68. The Hall–Kier alpha value is -1.43. The van der Waals surface area contributed by atoms with Crippen molar-refractivity contribution in [2.24, 2.45) is 5.73 Å². The highest BCUT2D eigenvalue weighted by Crippen LogP contribution is 2.15. The Balaban J connectivity index is 1.97. The fraction of sp³-hybridized carbons (Fsp3) is 0.562. The molecule has 116 valence electrons. The zero-order valence-corrected chi connectivity index (χ0v) is 12.7. The number of benzene rings is 1. The second-order valence-corrected chi connectivity index (χ2v) is 5.70. The number of carbonyl (C=O) groups excluding carboxylic acids is 1. The van der Waals surface area contributed by atoms with E-state index < -0.39 is 0 Å². The van der Waals surface area contributed by atoms with Crippen molar-refractivity contribution in [3.8, 4) is 0 Å². The third-order valence-corrected chi connectivity index (χ3v) is 4.12. The Morgan fingerprint density at radius 2 is 1.95 bits per heavy atom. The maximum absolute atomic E-state index is 11.2. The fourth-order valence-electron chi connectivity index (χ4n) is 2.81. The van der Waals surface area contributed by atoms with Crippen LogP contribution in [0.1, 0.15) is 27.9 Å². The van der Waals surface area contributed by atoms with Gasteiger partial charge in [-0.3, -0.25) is 14.6 Å². The third kappa shape index (κ3) is 4.52. The van der Waals surface area contributed by atoms with Gasteiger partial charge in [0.1, 0.15) is 0 Å². The summed E-state index contributed by atoms with van der Waals surface area (Å²) in [6.45, 7) is 8.05. The van der Waals surface area contributed by atoms with E-state index in [1.165, 1.54) is 5.56 Å². The smallest absolute Gasteiger partial charge is 0.248 e. The summed E-state index contributed by atoms with van der Waals surface area (Å²) in [5, 5.41) is 9.03. The first-order chi connectivity index (χ1) is 10.1. The topological polar surface area (TPSA) is 69.8 Å². The van der Waals surface area contributed by atoms with E-state index in [0.717, 1.165) is 51.3 Å². The van der Waals surface area contributed by atoms with Crippen molar-refractivity contribution in [1.82, 2.24) is 9.80 Å². The Kier molecular flexibility index (Phi) is 5.73. The predicted octanol–water partition coefficient (Wildman–Crippen LogP) is 0.594. The average molecular weight is 291 g/mol. The third-order valence-electron chi connectivity index (χ3n) is 4.12. The molecule has 0 bridgehead atoms. The van der Waals surface area contributed by atoms with E-state index in [-0.39, 0.29) is 12.5 Å². The van der Waals surface area contributed by atoms with Gasteiger partial charge in [-0.05, 0) is 49.7 Å². The molecule has 0 unspecified atom stereocenters. The van der Waals surface area contributed by atoms with Crippen LogP contribution in [-0.4, -0.2) is 60.1 Å². The van der Waals surface area contributed by atoms with Crippen molar-refractivity contribution in [1.29, 1.82) is 0 Å². The molecule has 0 spiro atoms. The van der Waals surface area contributed by atoms with Crippen LogP contribution in [0.3, 0.4) is 0 Å². The van der Waals surface area contributed by atoms with Gasteiger partial charge in [0.15, 0.2) is 0 Å². The lowest BCUT2D eigenvalue weighted by Gasteiger charge is -2.22. The molecule has 5 nitrogen and oxygen atoms in total. The first-order valence-electron chi connectivity index (χ1n) is 7.55. The number of amides is 1. The summed E-state index contributed by atoms with van der Waals surface area (Å²) < 4.78 is 0. The molecule has 1 aromatic carbocycles.